The molecule has 0 unspecified atom stereocenters. The van der Waals surface area contributed by atoms with Gasteiger partial charge in [0.05, 0.1) is 0 Å². The van der Waals surface area contributed by atoms with Crippen LogP contribution in [0.25, 0.3) is 0 Å². The van der Waals surface area contributed by atoms with Crippen LogP contribution >= 0.6 is 22.7 Å². The molecular formula is C16H21N3OS2. The third-order valence-corrected chi connectivity index (χ3v) is 5.70. The van der Waals surface area contributed by atoms with E-state index < -0.39 is 0 Å². The summed E-state index contributed by atoms with van der Waals surface area (Å²) in [6.45, 7) is 3.58. The fourth-order valence-electron chi connectivity index (χ4n) is 2.76. The van der Waals surface area contributed by atoms with Crippen molar-refractivity contribution in [3.8, 4) is 0 Å². The monoisotopic (exact) mass is 335 g/mol. The molecule has 0 radical (unpaired) electrons. The van der Waals surface area contributed by atoms with Gasteiger partial charge in [0.25, 0.3) is 0 Å². The Morgan fingerprint density at radius 3 is 2.91 bits per heavy atom. The lowest BCUT2D eigenvalue weighted by molar-refractivity contribution is -0.131. The lowest BCUT2D eigenvalue weighted by atomic mass is 10.2. The van der Waals surface area contributed by atoms with Crippen LogP contribution in [0, 0.1) is 0 Å². The van der Waals surface area contributed by atoms with Crippen molar-refractivity contribution in [2.24, 2.45) is 0 Å². The maximum Gasteiger partial charge on any atom is 0.222 e. The van der Waals surface area contributed by atoms with Gasteiger partial charge in [-0.05, 0) is 30.7 Å². The largest absolute Gasteiger partial charge is 0.346 e. The lowest BCUT2D eigenvalue weighted by Gasteiger charge is -2.21. The lowest BCUT2D eigenvalue weighted by Crippen LogP contribution is -2.35. The van der Waals surface area contributed by atoms with Crippen LogP contribution in [0.2, 0.25) is 0 Å². The van der Waals surface area contributed by atoms with E-state index in [-0.39, 0.29) is 0 Å². The second-order valence-corrected chi connectivity index (χ2v) is 7.37. The summed E-state index contributed by atoms with van der Waals surface area (Å²) >= 11 is 3.45. The van der Waals surface area contributed by atoms with Crippen molar-refractivity contribution in [3.05, 3.63) is 34.0 Å². The molecule has 0 aromatic carbocycles. The van der Waals surface area contributed by atoms with Gasteiger partial charge in [0.15, 0.2) is 5.13 Å². The van der Waals surface area contributed by atoms with E-state index in [4.69, 9.17) is 0 Å². The molecule has 1 aliphatic heterocycles. The first kappa shape index (κ1) is 15.5. The Morgan fingerprint density at radius 2 is 2.14 bits per heavy atom. The van der Waals surface area contributed by atoms with Crippen molar-refractivity contribution in [2.75, 3.05) is 31.1 Å². The second-order valence-electron chi connectivity index (χ2n) is 5.47. The standard InChI is InChI=1S/C16H21N3OS2/c20-15(6-1-4-14-5-2-12-21-14)18-8-3-9-19(11-10-18)16-17-7-13-22-16/h2,5,7,12-13H,1,3-4,6,8-11H2. The summed E-state index contributed by atoms with van der Waals surface area (Å²) in [7, 11) is 0. The number of carbonyl (C=O) groups is 1. The van der Waals surface area contributed by atoms with E-state index in [0.717, 1.165) is 50.6 Å². The van der Waals surface area contributed by atoms with E-state index in [1.165, 1.54) is 4.88 Å². The molecule has 1 aliphatic rings. The summed E-state index contributed by atoms with van der Waals surface area (Å²) in [5.41, 5.74) is 0. The molecule has 0 N–H and O–H groups in total. The molecule has 0 spiro atoms. The van der Waals surface area contributed by atoms with Crippen LogP contribution in [0.15, 0.2) is 29.1 Å². The molecule has 0 aliphatic carbocycles. The molecule has 1 amide bonds. The first-order valence-electron chi connectivity index (χ1n) is 7.77. The van der Waals surface area contributed by atoms with Gasteiger partial charge in [-0.3, -0.25) is 4.79 Å². The summed E-state index contributed by atoms with van der Waals surface area (Å²) in [6.07, 6.45) is 5.50. The van der Waals surface area contributed by atoms with E-state index in [2.05, 4.69) is 27.4 Å². The Labute approximate surface area is 139 Å². The number of hydrogen-bond donors (Lipinski definition) is 0. The summed E-state index contributed by atoms with van der Waals surface area (Å²) in [6, 6.07) is 4.22. The fraction of sp³-hybridized carbons (Fsp3) is 0.500. The van der Waals surface area contributed by atoms with Crippen molar-refractivity contribution < 1.29 is 4.79 Å². The van der Waals surface area contributed by atoms with Gasteiger partial charge in [-0.2, -0.15) is 0 Å². The fourth-order valence-corrected chi connectivity index (χ4v) is 4.21. The molecule has 22 heavy (non-hydrogen) atoms. The molecule has 118 valence electrons. The van der Waals surface area contributed by atoms with E-state index in [1.807, 2.05) is 16.5 Å². The highest BCUT2D eigenvalue weighted by Gasteiger charge is 2.19. The third kappa shape index (κ3) is 4.08. The maximum atomic E-state index is 12.4. The maximum absolute atomic E-state index is 12.4. The zero-order valence-electron chi connectivity index (χ0n) is 12.6. The molecule has 0 saturated carbocycles. The SMILES string of the molecule is O=C(CCCc1cccs1)N1CCCN(c2nccs2)CC1. The van der Waals surface area contributed by atoms with Gasteiger partial charge in [-0.25, -0.2) is 4.98 Å². The van der Waals surface area contributed by atoms with Gasteiger partial charge in [0.2, 0.25) is 5.91 Å². The highest BCUT2D eigenvalue weighted by atomic mass is 32.1. The number of aromatic nitrogens is 1. The van der Waals surface area contributed by atoms with Crippen molar-refractivity contribution in [1.29, 1.82) is 0 Å². The molecule has 2 aromatic heterocycles. The van der Waals surface area contributed by atoms with Crippen molar-refractivity contribution in [2.45, 2.75) is 25.7 Å². The molecule has 0 bridgehead atoms. The summed E-state index contributed by atoms with van der Waals surface area (Å²) in [5, 5.41) is 5.18. The number of aryl methyl sites for hydroxylation is 1. The van der Waals surface area contributed by atoms with Crippen molar-refractivity contribution in [3.63, 3.8) is 0 Å². The number of thiazole rings is 1. The number of anilines is 1. The average molecular weight is 335 g/mol. The van der Waals surface area contributed by atoms with Crippen LogP contribution in [-0.4, -0.2) is 42.0 Å². The predicted molar refractivity (Wildman–Crippen MR) is 92.8 cm³/mol. The Hall–Kier alpha value is -1.40. The number of hydrogen-bond acceptors (Lipinski definition) is 5. The minimum Gasteiger partial charge on any atom is -0.346 e. The minimum atomic E-state index is 0.303. The number of rotatable bonds is 5. The summed E-state index contributed by atoms with van der Waals surface area (Å²) < 4.78 is 0. The van der Waals surface area contributed by atoms with E-state index in [1.54, 1.807) is 22.7 Å². The predicted octanol–water partition coefficient (Wildman–Crippen LogP) is 3.27. The third-order valence-electron chi connectivity index (χ3n) is 3.93. The number of amides is 1. The van der Waals surface area contributed by atoms with Crippen LogP contribution in [0.3, 0.4) is 0 Å². The minimum absolute atomic E-state index is 0.303. The van der Waals surface area contributed by atoms with Crippen LogP contribution in [0.5, 0.6) is 0 Å². The zero-order valence-corrected chi connectivity index (χ0v) is 14.2. The van der Waals surface area contributed by atoms with Crippen LogP contribution < -0.4 is 4.90 Å². The van der Waals surface area contributed by atoms with Crippen molar-refractivity contribution >= 4 is 33.7 Å². The summed E-state index contributed by atoms with van der Waals surface area (Å²) in [5.74, 6) is 0.303. The van der Waals surface area contributed by atoms with Gasteiger partial charge in [0.1, 0.15) is 0 Å². The normalized spacial score (nSPS) is 15.8. The molecule has 3 heterocycles. The first-order valence-corrected chi connectivity index (χ1v) is 9.53. The highest BCUT2D eigenvalue weighted by Crippen LogP contribution is 2.19. The highest BCUT2D eigenvalue weighted by molar-refractivity contribution is 7.13. The quantitative estimate of drug-likeness (QED) is 0.841. The van der Waals surface area contributed by atoms with Crippen LogP contribution in [-0.2, 0) is 11.2 Å². The molecular weight excluding hydrogens is 314 g/mol. The Kier molecular flexibility index (Phi) is 5.45. The van der Waals surface area contributed by atoms with Gasteiger partial charge in [-0.1, -0.05) is 6.07 Å². The molecule has 6 heteroatoms. The van der Waals surface area contributed by atoms with E-state index in [9.17, 15) is 4.79 Å². The molecule has 2 aromatic rings. The van der Waals surface area contributed by atoms with Crippen LogP contribution in [0.1, 0.15) is 24.1 Å². The second kappa shape index (κ2) is 7.74. The molecule has 1 fully saturated rings. The van der Waals surface area contributed by atoms with Gasteiger partial charge in [-0.15, -0.1) is 22.7 Å². The smallest absolute Gasteiger partial charge is 0.222 e. The van der Waals surface area contributed by atoms with E-state index >= 15 is 0 Å². The Bertz CT molecular complexity index is 568. The van der Waals surface area contributed by atoms with E-state index in [0.29, 0.717) is 12.3 Å². The number of thiophene rings is 1. The van der Waals surface area contributed by atoms with Crippen molar-refractivity contribution in [1.82, 2.24) is 9.88 Å². The van der Waals surface area contributed by atoms with Gasteiger partial charge in [0, 0.05) is 49.1 Å². The summed E-state index contributed by atoms with van der Waals surface area (Å²) in [4.78, 5) is 22.4. The molecule has 3 rings (SSSR count). The zero-order chi connectivity index (χ0) is 15.2. The topological polar surface area (TPSA) is 36.4 Å². The average Bonchev–Trinajstić information content (AvgIpc) is 3.18. The molecule has 4 nitrogen and oxygen atoms in total. The Balaban J connectivity index is 1.45. The number of nitrogens with zero attached hydrogens (tertiary/aromatic N) is 3. The van der Waals surface area contributed by atoms with Gasteiger partial charge < -0.3 is 9.80 Å². The molecule has 0 atom stereocenters. The molecule has 1 saturated heterocycles. The van der Waals surface area contributed by atoms with Crippen LogP contribution in [0.4, 0.5) is 5.13 Å². The number of carbonyl (C=O) groups excluding carboxylic acids is 1. The Morgan fingerprint density at radius 1 is 1.18 bits per heavy atom. The first-order chi connectivity index (χ1) is 10.8. The van der Waals surface area contributed by atoms with Gasteiger partial charge >= 0.3 is 0 Å².